The second-order valence-electron chi connectivity index (χ2n) is 3.70. The molecule has 0 aliphatic rings. The quantitative estimate of drug-likeness (QED) is 0.387. The van der Waals surface area contributed by atoms with Crippen LogP contribution in [0.5, 0.6) is 0 Å². The van der Waals surface area contributed by atoms with Gasteiger partial charge in [0.15, 0.2) is 0 Å². The molecule has 18 heavy (non-hydrogen) atoms. The van der Waals surface area contributed by atoms with Crippen LogP contribution >= 0.6 is 0 Å². The van der Waals surface area contributed by atoms with Gasteiger partial charge in [-0.1, -0.05) is 25.7 Å². The second-order valence-corrected chi connectivity index (χ2v) is 3.70. The van der Waals surface area contributed by atoms with Crippen molar-refractivity contribution in [1.29, 1.82) is 5.41 Å². The molecule has 0 heterocycles. The molecule has 1 unspecified atom stereocenters. The summed E-state index contributed by atoms with van der Waals surface area (Å²) in [4.78, 5) is 35.1. The van der Waals surface area contributed by atoms with Crippen LogP contribution in [0.2, 0.25) is 0 Å². The molecule has 0 aliphatic carbocycles. The largest absolute Gasteiger partial charge is 0.235 e. The number of nitrogens with zero attached hydrogens (tertiary/aromatic N) is 2. The summed E-state index contributed by atoms with van der Waals surface area (Å²) in [7, 11) is 0. The van der Waals surface area contributed by atoms with Gasteiger partial charge in [0.2, 0.25) is 18.2 Å². The van der Waals surface area contributed by atoms with Gasteiger partial charge in [0, 0.05) is 0 Å². The van der Waals surface area contributed by atoms with E-state index in [1.54, 1.807) is 6.08 Å². The number of hydrogen-bond donors (Lipinski definition) is 1. The number of isocyanates is 3. The zero-order chi connectivity index (χ0) is 14.1. The molecule has 0 rings (SSSR count). The second kappa shape index (κ2) is 17.5. The Morgan fingerprint density at radius 2 is 1.56 bits per heavy atom. The van der Waals surface area contributed by atoms with Crippen LogP contribution in [-0.2, 0) is 14.4 Å². The monoisotopic (exact) mass is 253 g/mol. The lowest BCUT2D eigenvalue weighted by atomic mass is 10.1. The van der Waals surface area contributed by atoms with Crippen molar-refractivity contribution in [1.82, 2.24) is 0 Å². The third kappa shape index (κ3) is 19.7. The molecule has 0 aromatic rings. The minimum absolute atomic E-state index is 0.0992. The SMILES string of the molecule is CC(CCCCCCCN=C=O)N=C=O.N=C=O. The molecule has 0 aromatic carbocycles. The molecule has 1 N–H and O–H groups in total. The fourth-order valence-corrected chi connectivity index (χ4v) is 1.36. The van der Waals surface area contributed by atoms with Crippen LogP contribution in [0.1, 0.15) is 45.4 Å². The average molecular weight is 253 g/mol. The van der Waals surface area contributed by atoms with Gasteiger partial charge in [-0.3, -0.25) is 0 Å². The topological polar surface area (TPSA) is 99.8 Å². The van der Waals surface area contributed by atoms with Crippen LogP contribution < -0.4 is 0 Å². The Morgan fingerprint density at radius 1 is 1.00 bits per heavy atom. The minimum atomic E-state index is 0.0992. The first-order chi connectivity index (χ1) is 8.72. The standard InChI is InChI=1S/C11H18N2O2.CHNO/c1-11(13-10-15)7-5-3-2-4-6-8-12-9-14;2-1-3/h11H,2-8H2,1H3;2H. The first-order valence-corrected chi connectivity index (χ1v) is 5.87. The Labute approximate surface area is 107 Å². The fraction of sp³-hybridized carbons (Fsp3) is 0.750. The number of rotatable bonds is 9. The maximum absolute atomic E-state index is 9.92. The van der Waals surface area contributed by atoms with Crippen LogP contribution in [0.4, 0.5) is 0 Å². The van der Waals surface area contributed by atoms with E-state index in [-0.39, 0.29) is 6.04 Å². The van der Waals surface area contributed by atoms with Crippen molar-refractivity contribution in [3.05, 3.63) is 0 Å². The Hall–Kier alpha value is -1.86. The summed E-state index contributed by atoms with van der Waals surface area (Å²) < 4.78 is 0. The summed E-state index contributed by atoms with van der Waals surface area (Å²) >= 11 is 0. The molecular formula is C12H19N3O3. The third-order valence-corrected chi connectivity index (χ3v) is 2.23. The third-order valence-electron chi connectivity index (χ3n) is 2.23. The van der Waals surface area contributed by atoms with Gasteiger partial charge in [0.05, 0.1) is 12.6 Å². The molecule has 0 radical (unpaired) electrons. The molecule has 6 nitrogen and oxygen atoms in total. The molecule has 0 fully saturated rings. The van der Waals surface area contributed by atoms with Crippen molar-refractivity contribution in [3.63, 3.8) is 0 Å². The van der Waals surface area contributed by atoms with Crippen molar-refractivity contribution in [2.24, 2.45) is 9.98 Å². The molecular weight excluding hydrogens is 234 g/mol. The summed E-state index contributed by atoms with van der Waals surface area (Å²) in [5, 5.41) is 5.40. The molecule has 1 atom stereocenters. The molecule has 0 amide bonds. The van der Waals surface area contributed by atoms with E-state index < -0.39 is 0 Å². The van der Waals surface area contributed by atoms with E-state index in [0.717, 1.165) is 44.6 Å². The van der Waals surface area contributed by atoms with Crippen LogP contribution in [0.25, 0.3) is 0 Å². The van der Waals surface area contributed by atoms with E-state index in [2.05, 4.69) is 9.98 Å². The zero-order valence-electron chi connectivity index (χ0n) is 10.6. The first kappa shape index (κ1) is 18.5. The first-order valence-electron chi connectivity index (χ1n) is 5.87. The number of hydrogen-bond acceptors (Lipinski definition) is 6. The molecule has 0 bridgehead atoms. The van der Waals surface area contributed by atoms with Crippen molar-refractivity contribution in [3.8, 4) is 0 Å². The smallest absolute Gasteiger partial charge is 0.222 e. The molecule has 0 spiro atoms. The van der Waals surface area contributed by atoms with Crippen LogP contribution in [-0.4, -0.2) is 30.8 Å². The van der Waals surface area contributed by atoms with Gasteiger partial charge in [-0.15, -0.1) is 0 Å². The van der Waals surface area contributed by atoms with E-state index in [4.69, 9.17) is 10.2 Å². The lowest BCUT2D eigenvalue weighted by Crippen LogP contribution is -1.96. The van der Waals surface area contributed by atoms with E-state index in [1.165, 1.54) is 6.08 Å². The van der Waals surface area contributed by atoms with E-state index in [9.17, 15) is 9.59 Å². The summed E-state index contributed by atoms with van der Waals surface area (Å²) in [6.07, 6.45) is 10.2. The normalized spacial score (nSPS) is 9.83. The molecule has 0 aromatic heterocycles. The van der Waals surface area contributed by atoms with Gasteiger partial charge in [-0.2, -0.15) is 0 Å². The average Bonchev–Trinajstić information content (AvgIpc) is 2.34. The Bertz CT molecular complexity index is 313. The highest BCUT2D eigenvalue weighted by molar-refractivity contribution is 5.33. The predicted octanol–water partition coefficient (Wildman–Crippen LogP) is 2.29. The number of unbranched alkanes of at least 4 members (excludes halogenated alkanes) is 4. The number of carbonyl (C=O) groups excluding carboxylic acids is 3. The lowest BCUT2D eigenvalue weighted by Gasteiger charge is -2.03. The van der Waals surface area contributed by atoms with Crippen LogP contribution in [0, 0.1) is 5.41 Å². The Kier molecular flexibility index (Phi) is 18.0. The minimum Gasteiger partial charge on any atom is -0.222 e. The van der Waals surface area contributed by atoms with E-state index >= 15 is 0 Å². The summed E-state index contributed by atoms with van der Waals surface area (Å²) in [6, 6.07) is 0.0992. The van der Waals surface area contributed by atoms with Crippen molar-refractivity contribution >= 4 is 18.2 Å². The van der Waals surface area contributed by atoms with E-state index in [0.29, 0.717) is 6.54 Å². The highest BCUT2D eigenvalue weighted by Gasteiger charge is 1.98. The number of nitrogens with one attached hydrogen (secondary N) is 1. The van der Waals surface area contributed by atoms with Gasteiger partial charge in [-0.25, -0.2) is 29.8 Å². The molecule has 0 saturated carbocycles. The van der Waals surface area contributed by atoms with Gasteiger partial charge in [0.1, 0.15) is 0 Å². The highest BCUT2D eigenvalue weighted by Crippen LogP contribution is 2.08. The number of aliphatic imine (C=N–C) groups is 2. The van der Waals surface area contributed by atoms with Gasteiger partial charge < -0.3 is 0 Å². The highest BCUT2D eigenvalue weighted by atomic mass is 16.1. The maximum atomic E-state index is 9.92. The van der Waals surface area contributed by atoms with Crippen molar-refractivity contribution < 1.29 is 14.4 Å². The predicted molar refractivity (Wildman–Crippen MR) is 66.7 cm³/mol. The lowest BCUT2D eigenvalue weighted by molar-refractivity contribution is 0.538. The fourth-order valence-electron chi connectivity index (χ4n) is 1.36. The molecule has 0 saturated heterocycles. The van der Waals surface area contributed by atoms with Crippen molar-refractivity contribution in [2.75, 3.05) is 6.54 Å². The van der Waals surface area contributed by atoms with Gasteiger partial charge >= 0.3 is 0 Å². The van der Waals surface area contributed by atoms with Gasteiger partial charge in [-0.05, 0) is 19.8 Å². The summed E-state index contributed by atoms with van der Waals surface area (Å²) in [5.41, 5.74) is 0. The van der Waals surface area contributed by atoms with Crippen molar-refractivity contribution in [2.45, 2.75) is 51.5 Å². The Balaban J connectivity index is 0. The van der Waals surface area contributed by atoms with Crippen LogP contribution in [0.3, 0.4) is 0 Å². The summed E-state index contributed by atoms with van der Waals surface area (Å²) in [5.74, 6) is 0. The maximum Gasteiger partial charge on any atom is 0.235 e. The zero-order valence-corrected chi connectivity index (χ0v) is 10.6. The van der Waals surface area contributed by atoms with E-state index in [1.807, 2.05) is 6.92 Å². The van der Waals surface area contributed by atoms with Gasteiger partial charge in [0.25, 0.3) is 0 Å². The molecule has 6 heteroatoms. The van der Waals surface area contributed by atoms with Crippen LogP contribution in [0.15, 0.2) is 9.98 Å². The molecule has 100 valence electrons. The molecule has 0 aliphatic heterocycles. The summed E-state index contributed by atoms with van der Waals surface area (Å²) in [6.45, 7) is 2.51. The Morgan fingerprint density at radius 3 is 2.11 bits per heavy atom.